The number of hydrogen-bond acceptors (Lipinski definition) is 6. The van der Waals surface area contributed by atoms with Crippen molar-refractivity contribution in [2.24, 2.45) is 0 Å². The molecular weight excluding hydrogens is 340 g/mol. The summed E-state index contributed by atoms with van der Waals surface area (Å²) in [7, 11) is 1.34. The highest BCUT2D eigenvalue weighted by molar-refractivity contribution is 7.98. The minimum atomic E-state index is -2.98. The van der Waals surface area contributed by atoms with Crippen LogP contribution in [0.15, 0.2) is 27.7 Å². The van der Waals surface area contributed by atoms with Crippen molar-refractivity contribution < 1.29 is 27.6 Å². The minimum Gasteiger partial charge on any atom is -0.492 e. The molecule has 0 amide bonds. The number of benzene rings is 1. The highest BCUT2D eigenvalue weighted by atomic mass is 32.2. The minimum absolute atomic E-state index is 0.109. The molecule has 128 valence electrons. The fraction of sp³-hybridized carbons (Fsp3) is 0.375. The molecule has 0 aliphatic heterocycles. The molecule has 0 N–H and O–H groups in total. The lowest BCUT2D eigenvalue weighted by atomic mass is 10.0. The molecule has 5 nitrogen and oxygen atoms in total. The highest BCUT2D eigenvalue weighted by Crippen LogP contribution is 2.44. The van der Waals surface area contributed by atoms with E-state index in [4.69, 9.17) is 9.26 Å². The average molecular weight is 355 g/mol. The molecule has 8 heteroatoms. The fourth-order valence-corrected chi connectivity index (χ4v) is 3.26. The van der Waals surface area contributed by atoms with Gasteiger partial charge in [-0.3, -0.25) is 4.79 Å². The maximum Gasteiger partial charge on any atom is 0.387 e. The first kappa shape index (κ1) is 16.8. The summed E-state index contributed by atoms with van der Waals surface area (Å²) in [4.78, 5) is 13.3. The quantitative estimate of drug-likeness (QED) is 0.550. The molecular formula is C16H15F2NO4S. The topological polar surface area (TPSA) is 61.6 Å². The number of thioether (sulfide) groups is 1. The summed E-state index contributed by atoms with van der Waals surface area (Å²) in [6, 6.07) is 2.76. The number of carbonyl (C=O) groups excluding carboxylic acids is 1. The number of methoxy groups -OCH3 is 1. The number of nitrogens with zero attached hydrogens (tertiary/aromatic N) is 1. The maximum atomic E-state index is 12.9. The molecule has 24 heavy (non-hydrogen) atoms. The standard InChI is InChI=1S/C16H15F2NO4S/c1-21-14-11(22-16(17)18)6-5-9(15(14)24-2)12(20)10-7-19-23-13(10)8-3-4-8/h5-8,16H,3-4H2,1-2H3. The van der Waals surface area contributed by atoms with Gasteiger partial charge in [-0.15, -0.1) is 11.8 Å². The number of alkyl halides is 2. The van der Waals surface area contributed by atoms with Crippen molar-refractivity contribution in [3.8, 4) is 11.5 Å². The second-order valence-electron chi connectivity index (χ2n) is 5.26. The molecule has 1 heterocycles. The third-order valence-corrected chi connectivity index (χ3v) is 4.55. The second-order valence-corrected chi connectivity index (χ2v) is 6.08. The van der Waals surface area contributed by atoms with Crippen LogP contribution in [-0.2, 0) is 0 Å². The van der Waals surface area contributed by atoms with Gasteiger partial charge in [-0.2, -0.15) is 8.78 Å². The van der Waals surface area contributed by atoms with Crippen molar-refractivity contribution in [3.05, 3.63) is 35.2 Å². The smallest absolute Gasteiger partial charge is 0.387 e. The normalized spacial score (nSPS) is 14.0. The van der Waals surface area contributed by atoms with Gasteiger partial charge in [-0.05, 0) is 31.2 Å². The Labute approximate surface area is 141 Å². The summed E-state index contributed by atoms with van der Waals surface area (Å²) in [5.41, 5.74) is 0.739. The van der Waals surface area contributed by atoms with E-state index in [1.54, 1.807) is 6.26 Å². The van der Waals surface area contributed by atoms with Gasteiger partial charge in [0.2, 0.25) is 0 Å². The first-order valence-electron chi connectivity index (χ1n) is 7.25. The number of ketones is 1. The number of carbonyl (C=O) groups is 1. The lowest BCUT2D eigenvalue weighted by Crippen LogP contribution is -2.08. The zero-order valence-electron chi connectivity index (χ0n) is 13.0. The maximum absolute atomic E-state index is 12.9. The number of halogens is 2. The van der Waals surface area contributed by atoms with E-state index in [1.807, 2.05) is 0 Å². The van der Waals surface area contributed by atoms with Crippen LogP contribution in [0, 0.1) is 0 Å². The molecule has 2 aromatic rings. The summed E-state index contributed by atoms with van der Waals surface area (Å²) in [5.74, 6) is 0.537. The molecule has 0 radical (unpaired) electrons. The SMILES string of the molecule is COc1c(OC(F)F)ccc(C(=O)c2cnoc2C2CC2)c1SC. The van der Waals surface area contributed by atoms with Gasteiger partial charge in [0.1, 0.15) is 0 Å². The first-order valence-corrected chi connectivity index (χ1v) is 8.48. The molecule has 1 aromatic heterocycles. The van der Waals surface area contributed by atoms with Crippen molar-refractivity contribution in [2.45, 2.75) is 30.3 Å². The average Bonchev–Trinajstić information content (AvgIpc) is 3.29. The van der Waals surface area contributed by atoms with Crippen LogP contribution in [0.5, 0.6) is 11.5 Å². The Balaban J connectivity index is 2.03. The number of hydrogen-bond donors (Lipinski definition) is 0. The molecule has 0 unspecified atom stereocenters. The van der Waals surface area contributed by atoms with Crippen LogP contribution in [0.3, 0.4) is 0 Å². The van der Waals surface area contributed by atoms with E-state index in [9.17, 15) is 13.6 Å². The van der Waals surface area contributed by atoms with Crippen molar-refractivity contribution >= 4 is 17.5 Å². The first-order chi connectivity index (χ1) is 11.6. The molecule has 1 aliphatic carbocycles. The van der Waals surface area contributed by atoms with Crippen molar-refractivity contribution in [1.29, 1.82) is 0 Å². The number of ether oxygens (including phenoxy) is 2. The number of aromatic nitrogens is 1. The van der Waals surface area contributed by atoms with Crippen LogP contribution in [0.4, 0.5) is 8.78 Å². The van der Waals surface area contributed by atoms with E-state index in [2.05, 4.69) is 9.89 Å². The molecule has 1 aliphatic rings. The number of rotatable bonds is 7. The van der Waals surface area contributed by atoms with Gasteiger partial charge in [-0.25, -0.2) is 0 Å². The van der Waals surface area contributed by atoms with Crippen molar-refractivity contribution in [1.82, 2.24) is 5.16 Å². The van der Waals surface area contributed by atoms with Crippen LogP contribution >= 0.6 is 11.8 Å². The molecule has 0 spiro atoms. The van der Waals surface area contributed by atoms with Gasteiger partial charge in [0.05, 0.1) is 23.8 Å². The largest absolute Gasteiger partial charge is 0.492 e. The van der Waals surface area contributed by atoms with E-state index in [0.29, 0.717) is 21.8 Å². The summed E-state index contributed by atoms with van der Waals surface area (Å²) in [6.07, 6.45) is 5.07. The molecule has 3 rings (SSSR count). The molecule has 0 saturated heterocycles. The monoisotopic (exact) mass is 355 g/mol. The van der Waals surface area contributed by atoms with E-state index >= 15 is 0 Å². The molecule has 1 saturated carbocycles. The van der Waals surface area contributed by atoms with Crippen LogP contribution < -0.4 is 9.47 Å². The summed E-state index contributed by atoms with van der Waals surface area (Å²) >= 11 is 1.22. The van der Waals surface area contributed by atoms with Gasteiger partial charge < -0.3 is 14.0 Å². The summed E-state index contributed by atoms with van der Waals surface area (Å²) in [6.45, 7) is -2.98. The zero-order valence-corrected chi connectivity index (χ0v) is 13.9. The van der Waals surface area contributed by atoms with Gasteiger partial charge in [-0.1, -0.05) is 5.16 Å². The Morgan fingerprint density at radius 3 is 2.71 bits per heavy atom. The van der Waals surface area contributed by atoms with Crippen molar-refractivity contribution in [3.63, 3.8) is 0 Å². The van der Waals surface area contributed by atoms with Crippen LogP contribution in [0.1, 0.15) is 40.4 Å². The third kappa shape index (κ3) is 3.10. The van der Waals surface area contributed by atoms with E-state index in [1.165, 1.54) is 37.2 Å². The van der Waals surface area contributed by atoms with Crippen molar-refractivity contribution in [2.75, 3.05) is 13.4 Å². The zero-order chi connectivity index (χ0) is 17.3. The fourth-order valence-electron chi connectivity index (χ4n) is 2.51. The van der Waals surface area contributed by atoms with Gasteiger partial charge >= 0.3 is 6.61 Å². The lowest BCUT2D eigenvalue weighted by molar-refractivity contribution is -0.0514. The molecule has 0 bridgehead atoms. The van der Waals surface area contributed by atoms with E-state index in [0.717, 1.165) is 12.8 Å². The van der Waals surface area contributed by atoms with E-state index in [-0.39, 0.29) is 23.2 Å². The third-order valence-electron chi connectivity index (χ3n) is 3.74. The Morgan fingerprint density at radius 1 is 1.38 bits per heavy atom. The Bertz CT molecular complexity index is 759. The summed E-state index contributed by atoms with van der Waals surface area (Å²) in [5, 5.41) is 3.73. The van der Waals surface area contributed by atoms with Crippen LogP contribution in [0.25, 0.3) is 0 Å². The van der Waals surface area contributed by atoms with Gasteiger partial charge in [0, 0.05) is 11.5 Å². The van der Waals surface area contributed by atoms with Gasteiger partial charge in [0.15, 0.2) is 23.0 Å². The predicted molar refractivity (Wildman–Crippen MR) is 83.3 cm³/mol. The predicted octanol–water partition coefficient (Wildman–Crippen LogP) is 4.11. The molecule has 1 fully saturated rings. The summed E-state index contributed by atoms with van der Waals surface area (Å²) < 4.78 is 39.9. The highest BCUT2D eigenvalue weighted by Gasteiger charge is 2.33. The Kier molecular flexibility index (Phi) is 4.75. The Morgan fingerprint density at radius 2 is 2.12 bits per heavy atom. The van der Waals surface area contributed by atoms with Crippen LogP contribution in [-0.4, -0.2) is 30.9 Å². The molecule has 0 atom stereocenters. The molecule has 1 aromatic carbocycles. The van der Waals surface area contributed by atoms with Crippen LogP contribution in [0.2, 0.25) is 0 Å². The van der Waals surface area contributed by atoms with E-state index < -0.39 is 6.61 Å². The lowest BCUT2D eigenvalue weighted by Gasteiger charge is -2.15. The Hall–Kier alpha value is -2.09. The second kappa shape index (κ2) is 6.80. The van der Waals surface area contributed by atoms with Gasteiger partial charge in [0.25, 0.3) is 0 Å².